The van der Waals surface area contributed by atoms with Gasteiger partial charge in [-0.3, -0.25) is 4.79 Å². The number of hydrogen-bond donors (Lipinski definition) is 2. The predicted molar refractivity (Wildman–Crippen MR) is 93.5 cm³/mol. The number of unbranched alkanes of at least 4 members (excludes halogenated alkanes) is 1. The number of benzene rings is 1. The molecule has 0 saturated heterocycles. The third kappa shape index (κ3) is 4.09. The van der Waals surface area contributed by atoms with E-state index in [4.69, 9.17) is 0 Å². The quantitative estimate of drug-likeness (QED) is 0.729. The summed E-state index contributed by atoms with van der Waals surface area (Å²) in [6, 6.07) is 8.18. The van der Waals surface area contributed by atoms with Crippen LogP contribution >= 0.6 is 11.3 Å². The highest BCUT2D eigenvalue weighted by molar-refractivity contribution is 7.18. The van der Waals surface area contributed by atoms with E-state index in [0.717, 1.165) is 42.6 Å². The Bertz CT molecular complexity index is 647. The normalized spacial score (nSPS) is 17.1. The van der Waals surface area contributed by atoms with Crippen molar-refractivity contribution in [3.8, 4) is 0 Å². The molecule has 0 radical (unpaired) electrons. The molecule has 1 fully saturated rings. The van der Waals surface area contributed by atoms with Gasteiger partial charge in [-0.1, -0.05) is 12.1 Å². The molecule has 1 amide bonds. The molecule has 5 heteroatoms. The highest BCUT2D eigenvalue weighted by Gasteiger charge is 2.41. The topological polar surface area (TPSA) is 62.2 Å². The molecule has 2 N–H and O–H groups in total. The number of para-hydroxylation sites is 1. The lowest BCUT2D eigenvalue weighted by molar-refractivity contribution is -0.123. The van der Waals surface area contributed by atoms with E-state index < -0.39 is 5.54 Å². The Hall–Kier alpha value is -1.46. The number of aromatic nitrogens is 1. The van der Waals surface area contributed by atoms with E-state index in [1.54, 1.807) is 11.3 Å². The first kappa shape index (κ1) is 16.4. The maximum atomic E-state index is 12.1. The van der Waals surface area contributed by atoms with E-state index in [9.17, 15) is 9.90 Å². The van der Waals surface area contributed by atoms with Gasteiger partial charge in [0.1, 0.15) is 0 Å². The van der Waals surface area contributed by atoms with E-state index in [-0.39, 0.29) is 12.5 Å². The first-order valence-electron chi connectivity index (χ1n) is 8.37. The van der Waals surface area contributed by atoms with Crippen LogP contribution in [0.1, 0.15) is 44.0 Å². The van der Waals surface area contributed by atoms with Crippen LogP contribution in [0.3, 0.4) is 0 Å². The van der Waals surface area contributed by atoms with Gasteiger partial charge in [-0.05, 0) is 57.1 Å². The summed E-state index contributed by atoms with van der Waals surface area (Å²) in [4.78, 5) is 16.7. The smallest absolute Gasteiger partial charge is 0.220 e. The standard InChI is InChI=1S/C18H24N2O2S/c1-18(12-21,13-10-11-13)20-16(22)8-4-5-9-17-19-14-6-2-3-7-15(14)23-17/h2-3,6-7,13,21H,4-5,8-12H2,1H3,(H,20,22). The molecule has 0 spiro atoms. The molecule has 3 rings (SSSR count). The molecule has 1 aromatic heterocycles. The second kappa shape index (κ2) is 6.97. The fraction of sp³-hybridized carbons (Fsp3) is 0.556. The van der Waals surface area contributed by atoms with E-state index >= 15 is 0 Å². The number of aryl methyl sites for hydroxylation is 1. The number of aliphatic hydroxyl groups is 1. The molecule has 1 heterocycles. The molecule has 1 aromatic carbocycles. The van der Waals surface area contributed by atoms with Crippen LogP contribution < -0.4 is 5.32 Å². The summed E-state index contributed by atoms with van der Waals surface area (Å²) >= 11 is 1.74. The third-order valence-electron chi connectivity index (χ3n) is 4.61. The van der Waals surface area contributed by atoms with Crippen LogP contribution in [0.25, 0.3) is 10.2 Å². The Morgan fingerprint density at radius 1 is 1.39 bits per heavy atom. The van der Waals surface area contributed by atoms with Gasteiger partial charge in [0.25, 0.3) is 0 Å². The molecule has 1 saturated carbocycles. The molecule has 1 atom stereocenters. The molecule has 0 bridgehead atoms. The summed E-state index contributed by atoms with van der Waals surface area (Å²) in [5.74, 6) is 0.497. The number of carbonyl (C=O) groups excluding carboxylic acids is 1. The monoisotopic (exact) mass is 332 g/mol. The summed E-state index contributed by atoms with van der Waals surface area (Å²) in [6.07, 6.45) is 5.48. The highest BCUT2D eigenvalue weighted by atomic mass is 32.1. The van der Waals surface area contributed by atoms with Gasteiger partial charge >= 0.3 is 0 Å². The zero-order chi connectivity index (χ0) is 16.3. The SMILES string of the molecule is CC(CO)(NC(=O)CCCCc1nc2ccccc2s1)C1CC1. The lowest BCUT2D eigenvalue weighted by atomic mass is 9.96. The lowest BCUT2D eigenvalue weighted by Crippen LogP contribution is -2.50. The Labute approximate surface area is 140 Å². The van der Waals surface area contributed by atoms with Gasteiger partial charge in [0.05, 0.1) is 27.4 Å². The molecule has 1 unspecified atom stereocenters. The summed E-state index contributed by atoms with van der Waals surface area (Å²) in [6.45, 7) is 1.97. The van der Waals surface area contributed by atoms with Crippen molar-refractivity contribution in [1.29, 1.82) is 0 Å². The van der Waals surface area contributed by atoms with Crippen LogP contribution in [0.5, 0.6) is 0 Å². The van der Waals surface area contributed by atoms with Crippen molar-refractivity contribution < 1.29 is 9.90 Å². The summed E-state index contributed by atoms with van der Waals surface area (Å²) in [5.41, 5.74) is 0.637. The number of rotatable bonds is 8. The Balaban J connectivity index is 1.41. The largest absolute Gasteiger partial charge is 0.394 e. The first-order valence-corrected chi connectivity index (χ1v) is 9.19. The molecule has 1 aliphatic rings. The molecular weight excluding hydrogens is 308 g/mol. The second-order valence-corrected chi connectivity index (χ2v) is 7.80. The average molecular weight is 332 g/mol. The number of hydrogen-bond acceptors (Lipinski definition) is 4. The maximum absolute atomic E-state index is 12.1. The number of thiazole rings is 1. The predicted octanol–water partition coefficient (Wildman–Crippen LogP) is 3.29. The lowest BCUT2D eigenvalue weighted by Gasteiger charge is -2.28. The van der Waals surface area contributed by atoms with Crippen molar-refractivity contribution in [3.63, 3.8) is 0 Å². The van der Waals surface area contributed by atoms with E-state index in [0.29, 0.717) is 12.3 Å². The van der Waals surface area contributed by atoms with Crippen molar-refractivity contribution in [2.75, 3.05) is 6.61 Å². The minimum atomic E-state index is -0.426. The second-order valence-electron chi connectivity index (χ2n) is 6.68. The summed E-state index contributed by atoms with van der Waals surface area (Å²) in [7, 11) is 0. The highest BCUT2D eigenvalue weighted by Crippen LogP contribution is 2.39. The van der Waals surface area contributed by atoms with Crippen molar-refractivity contribution >= 4 is 27.5 Å². The minimum Gasteiger partial charge on any atom is -0.394 e. The maximum Gasteiger partial charge on any atom is 0.220 e. The van der Waals surface area contributed by atoms with Crippen molar-refractivity contribution in [2.45, 2.75) is 51.0 Å². The number of amides is 1. The number of fused-ring (bicyclic) bond motifs is 1. The van der Waals surface area contributed by atoms with Crippen LogP contribution in [0.4, 0.5) is 0 Å². The zero-order valence-corrected chi connectivity index (χ0v) is 14.4. The number of nitrogens with zero attached hydrogens (tertiary/aromatic N) is 1. The van der Waals surface area contributed by atoms with Crippen molar-refractivity contribution in [1.82, 2.24) is 10.3 Å². The Morgan fingerprint density at radius 3 is 2.87 bits per heavy atom. The van der Waals surface area contributed by atoms with E-state index in [1.807, 2.05) is 25.1 Å². The minimum absolute atomic E-state index is 0.0229. The van der Waals surface area contributed by atoms with E-state index in [1.165, 1.54) is 4.70 Å². The Kier molecular flexibility index (Phi) is 4.97. The molecule has 2 aromatic rings. The van der Waals surface area contributed by atoms with Gasteiger partial charge in [0.15, 0.2) is 0 Å². The summed E-state index contributed by atoms with van der Waals surface area (Å²) in [5, 5.41) is 13.7. The number of nitrogens with one attached hydrogen (secondary N) is 1. The summed E-state index contributed by atoms with van der Waals surface area (Å²) < 4.78 is 1.23. The molecule has 124 valence electrons. The molecule has 23 heavy (non-hydrogen) atoms. The molecule has 0 aliphatic heterocycles. The van der Waals surface area contributed by atoms with E-state index in [2.05, 4.69) is 16.4 Å². The molecule has 4 nitrogen and oxygen atoms in total. The fourth-order valence-electron chi connectivity index (χ4n) is 2.96. The number of aliphatic hydroxyl groups excluding tert-OH is 1. The van der Waals surface area contributed by atoms with Crippen LogP contribution in [0, 0.1) is 5.92 Å². The molecular formula is C18H24N2O2S. The van der Waals surface area contributed by atoms with Crippen LogP contribution in [-0.2, 0) is 11.2 Å². The molecule has 1 aliphatic carbocycles. The van der Waals surface area contributed by atoms with Gasteiger partial charge in [-0.2, -0.15) is 0 Å². The van der Waals surface area contributed by atoms with Crippen molar-refractivity contribution in [3.05, 3.63) is 29.3 Å². The van der Waals surface area contributed by atoms with Gasteiger partial charge in [0.2, 0.25) is 5.91 Å². The van der Waals surface area contributed by atoms with Crippen LogP contribution in [0.15, 0.2) is 24.3 Å². The van der Waals surface area contributed by atoms with Gasteiger partial charge < -0.3 is 10.4 Å². The first-order chi connectivity index (χ1) is 11.1. The number of carbonyl (C=O) groups is 1. The zero-order valence-electron chi connectivity index (χ0n) is 13.5. The van der Waals surface area contributed by atoms with Crippen molar-refractivity contribution in [2.24, 2.45) is 5.92 Å². The average Bonchev–Trinajstić information content (AvgIpc) is 3.32. The van der Waals surface area contributed by atoms with Gasteiger partial charge in [-0.25, -0.2) is 4.98 Å². The van der Waals surface area contributed by atoms with Crippen LogP contribution in [-0.4, -0.2) is 28.1 Å². The van der Waals surface area contributed by atoms with Gasteiger partial charge in [-0.15, -0.1) is 11.3 Å². The van der Waals surface area contributed by atoms with Gasteiger partial charge in [0, 0.05) is 6.42 Å². The fourth-order valence-corrected chi connectivity index (χ4v) is 3.97. The van der Waals surface area contributed by atoms with Crippen LogP contribution in [0.2, 0.25) is 0 Å². The Morgan fingerprint density at radius 2 is 2.17 bits per heavy atom. The third-order valence-corrected chi connectivity index (χ3v) is 5.71.